The van der Waals surface area contributed by atoms with Gasteiger partial charge in [-0.3, -0.25) is 4.79 Å². The third-order valence-corrected chi connectivity index (χ3v) is 4.31. The first-order chi connectivity index (χ1) is 10.7. The van der Waals surface area contributed by atoms with Crippen molar-refractivity contribution in [2.24, 2.45) is 0 Å². The molecule has 2 aromatic rings. The van der Waals surface area contributed by atoms with E-state index in [0.29, 0.717) is 11.3 Å². The van der Waals surface area contributed by atoms with E-state index in [-0.39, 0.29) is 17.7 Å². The molecule has 0 saturated carbocycles. The summed E-state index contributed by atoms with van der Waals surface area (Å²) in [7, 11) is 1.48. The quantitative estimate of drug-likeness (QED) is 0.879. The molecule has 2 heterocycles. The third kappa shape index (κ3) is 1.73. The second-order valence-corrected chi connectivity index (χ2v) is 5.55. The van der Waals surface area contributed by atoms with Crippen LogP contribution in [-0.4, -0.2) is 24.2 Å². The van der Waals surface area contributed by atoms with Gasteiger partial charge in [0.1, 0.15) is 0 Å². The van der Waals surface area contributed by atoms with E-state index < -0.39 is 0 Å². The minimum Gasteiger partial charge on any atom is -0.504 e. The Bertz CT molecular complexity index is 810. The van der Waals surface area contributed by atoms with Gasteiger partial charge in [0.05, 0.1) is 18.7 Å². The van der Waals surface area contributed by atoms with Crippen molar-refractivity contribution in [1.82, 2.24) is 0 Å². The van der Waals surface area contributed by atoms with Gasteiger partial charge in [-0.2, -0.15) is 0 Å². The number of rotatable bonds is 1. The molecule has 0 aromatic heterocycles. The summed E-state index contributed by atoms with van der Waals surface area (Å²) in [6.07, 6.45) is 4.74. The number of amides is 1. The lowest BCUT2D eigenvalue weighted by Crippen LogP contribution is -2.35. The molecule has 0 bridgehead atoms. The standard InChI is InChI=1S/C18H15NO3/c1-22-17-10-14-11(9-16(17)20)6-7-13-8-12-4-2-3-5-15(12)19(13)18(14)21/h2-7,9-10,13,20H,8H2,1H3/t13-/m1/s1. The van der Waals surface area contributed by atoms with Gasteiger partial charge in [0.25, 0.3) is 5.91 Å². The number of hydrogen-bond acceptors (Lipinski definition) is 3. The highest BCUT2D eigenvalue weighted by Crippen LogP contribution is 2.38. The molecule has 4 rings (SSSR count). The molecule has 1 atom stereocenters. The molecule has 1 amide bonds. The molecule has 110 valence electrons. The molecule has 4 nitrogen and oxygen atoms in total. The smallest absolute Gasteiger partial charge is 0.259 e. The number of aromatic hydroxyl groups is 1. The van der Waals surface area contributed by atoms with E-state index in [1.54, 1.807) is 12.1 Å². The molecular weight excluding hydrogens is 278 g/mol. The molecule has 22 heavy (non-hydrogen) atoms. The Morgan fingerprint density at radius 2 is 2.09 bits per heavy atom. The first kappa shape index (κ1) is 13.0. The fraction of sp³-hybridized carbons (Fsp3) is 0.167. The van der Waals surface area contributed by atoms with Crippen molar-refractivity contribution < 1.29 is 14.6 Å². The lowest BCUT2D eigenvalue weighted by atomic mass is 10.0. The van der Waals surface area contributed by atoms with Crippen LogP contribution in [0.1, 0.15) is 21.5 Å². The lowest BCUT2D eigenvalue weighted by molar-refractivity contribution is 0.0984. The van der Waals surface area contributed by atoms with Crippen molar-refractivity contribution in [3.8, 4) is 11.5 Å². The second-order valence-electron chi connectivity index (χ2n) is 5.55. The average Bonchev–Trinajstić information content (AvgIpc) is 2.84. The first-order valence-corrected chi connectivity index (χ1v) is 7.19. The van der Waals surface area contributed by atoms with Crippen molar-refractivity contribution in [3.05, 3.63) is 59.2 Å². The minimum atomic E-state index is -0.0618. The molecule has 2 aliphatic heterocycles. The Balaban J connectivity index is 1.88. The fourth-order valence-corrected chi connectivity index (χ4v) is 3.24. The second kappa shape index (κ2) is 4.63. The van der Waals surface area contributed by atoms with E-state index in [0.717, 1.165) is 17.7 Å². The maximum atomic E-state index is 13.0. The number of nitrogens with zero attached hydrogens (tertiary/aromatic N) is 1. The SMILES string of the molecule is COc1cc2c(cc1O)C=C[C@@H]1Cc3ccccc3N1C2=O. The predicted octanol–water partition coefficient (Wildman–Crippen LogP) is 3.00. The normalized spacial score (nSPS) is 18.5. The number of methoxy groups -OCH3 is 1. The van der Waals surface area contributed by atoms with Crippen LogP contribution in [0.2, 0.25) is 0 Å². The van der Waals surface area contributed by atoms with Gasteiger partial charge in [0.2, 0.25) is 0 Å². The number of carbonyl (C=O) groups excluding carboxylic acids is 1. The highest BCUT2D eigenvalue weighted by atomic mass is 16.5. The third-order valence-electron chi connectivity index (χ3n) is 4.31. The van der Waals surface area contributed by atoms with E-state index in [1.807, 2.05) is 35.3 Å². The maximum Gasteiger partial charge on any atom is 0.259 e. The highest BCUT2D eigenvalue weighted by Gasteiger charge is 2.35. The van der Waals surface area contributed by atoms with E-state index in [9.17, 15) is 9.90 Å². The number of benzene rings is 2. The van der Waals surface area contributed by atoms with Gasteiger partial charge in [-0.25, -0.2) is 0 Å². The molecule has 2 aliphatic rings. The molecule has 4 heteroatoms. The van der Waals surface area contributed by atoms with Crippen molar-refractivity contribution in [2.45, 2.75) is 12.5 Å². The monoisotopic (exact) mass is 293 g/mol. The van der Waals surface area contributed by atoms with Crippen molar-refractivity contribution >= 4 is 17.7 Å². The molecule has 0 unspecified atom stereocenters. The van der Waals surface area contributed by atoms with Crippen molar-refractivity contribution in [3.63, 3.8) is 0 Å². The zero-order valence-corrected chi connectivity index (χ0v) is 12.1. The van der Waals surface area contributed by atoms with Crippen LogP contribution < -0.4 is 9.64 Å². The topological polar surface area (TPSA) is 49.8 Å². The van der Waals surface area contributed by atoms with Gasteiger partial charge in [-0.05, 0) is 35.7 Å². The van der Waals surface area contributed by atoms with E-state index in [2.05, 4.69) is 6.07 Å². The summed E-state index contributed by atoms with van der Waals surface area (Å²) in [5, 5.41) is 9.92. The molecule has 0 radical (unpaired) electrons. The van der Waals surface area contributed by atoms with E-state index in [4.69, 9.17) is 4.74 Å². The largest absolute Gasteiger partial charge is 0.504 e. The van der Waals surface area contributed by atoms with Crippen LogP contribution in [0.15, 0.2) is 42.5 Å². The van der Waals surface area contributed by atoms with Gasteiger partial charge in [0, 0.05) is 5.69 Å². The summed E-state index contributed by atoms with van der Waals surface area (Å²) >= 11 is 0. The zero-order valence-electron chi connectivity index (χ0n) is 12.1. The van der Waals surface area contributed by atoms with Gasteiger partial charge >= 0.3 is 0 Å². The summed E-state index contributed by atoms with van der Waals surface area (Å²) in [5.41, 5.74) is 3.40. The summed E-state index contributed by atoms with van der Waals surface area (Å²) in [4.78, 5) is 14.8. The Morgan fingerprint density at radius 3 is 2.91 bits per heavy atom. The summed E-state index contributed by atoms with van der Waals surface area (Å²) < 4.78 is 5.14. The van der Waals surface area contributed by atoms with Gasteiger partial charge in [0.15, 0.2) is 11.5 Å². The van der Waals surface area contributed by atoms with Crippen molar-refractivity contribution in [1.29, 1.82) is 0 Å². The number of para-hydroxylation sites is 1. The van der Waals surface area contributed by atoms with Gasteiger partial charge < -0.3 is 14.7 Å². The van der Waals surface area contributed by atoms with Crippen LogP contribution >= 0.6 is 0 Å². The van der Waals surface area contributed by atoms with Crippen LogP contribution in [0.5, 0.6) is 11.5 Å². The van der Waals surface area contributed by atoms with Gasteiger partial charge in [-0.15, -0.1) is 0 Å². The lowest BCUT2D eigenvalue weighted by Gasteiger charge is -2.22. The number of phenols is 1. The Morgan fingerprint density at radius 1 is 1.27 bits per heavy atom. The summed E-state index contributed by atoms with van der Waals surface area (Å²) in [5.74, 6) is 0.292. The van der Waals surface area contributed by atoms with Crippen LogP contribution in [0.25, 0.3) is 6.08 Å². The fourth-order valence-electron chi connectivity index (χ4n) is 3.24. The van der Waals surface area contributed by atoms with Crippen LogP contribution in [0.3, 0.4) is 0 Å². The number of phenolic OH excluding ortho intramolecular Hbond substituents is 1. The van der Waals surface area contributed by atoms with Crippen LogP contribution in [-0.2, 0) is 6.42 Å². The molecular formula is C18H15NO3. The summed E-state index contributed by atoms with van der Waals surface area (Å²) in [6.45, 7) is 0. The van der Waals surface area contributed by atoms with Crippen LogP contribution in [0, 0.1) is 0 Å². The van der Waals surface area contributed by atoms with E-state index in [1.165, 1.54) is 12.7 Å². The number of hydrogen-bond donors (Lipinski definition) is 1. The van der Waals surface area contributed by atoms with Gasteiger partial charge in [-0.1, -0.05) is 30.4 Å². The average molecular weight is 293 g/mol. The highest BCUT2D eigenvalue weighted by molar-refractivity contribution is 6.11. The van der Waals surface area contributed by atoms with E-state index >= 15 is 0 Å². The Kier molecular flexibility index (Phi) is 2.73. The van der Waals surface area contributed by atoms with Crippen molar-refractivity contribution in [2.75, 3.05) is 12.0 Å². The number of carbonyl (C=O) groups is 1. The molecule has 0 aliphatic carbocycles. The molecule has 0 fully saturated rings. The molecule has 1 N–H and O–H groups in total. The maximum absolute atomic E-state index is 13.0. The Labute approximate surface area is 128 Å². The zero-order chi connectivity index (χ0) is 15.3. The van der Waals surface area contributed by atoms with Crippen LogP contribution in [0.4, 0.5) is 5.69 Å². The molecule has 2 aromatic carbocycles. The number of anilines is 1. The predicted molar refractivity (Wildman–Crippen MR) is 84.4 cm³/mol. The molecule has 0 spiro atoms. The number of ether oxygens (including phenoxy) is 1. The molecule has 0 saturated heterocycles. The Hall–Kier alpha value is -2.75. The first-order valence-electron chi connectivity index (χ1n) is 7.19. The number of fused-ring (bicyclic) bond motifs is 4. The summed E-state index contributed by atoms with van der Waals surface area (Å²) in [6, 6.07) is 11.2. The minimum absolute atomic E-state index is 0.0189.